The fraction of sp³-hybridized carbons (Fsp3) is 1.00. The van der Waals surface area contributed by atoms with Gasteiger partial charge in [-0.3, -0.25) is 0 Å². The molecule has 0 radical (unpaired) electrons. The van der Waals surface area contributed by atoms with Crippen molar-refractivity contribution in [2.24, 2.45) is 11.3 Å². The van der Waals surface area contributed by atoms with E-state index in [1.54, 1.807) is 0 Å². The monoisotopic (exact) mass is 158 g/mol. The van der Waals surface area contributed by atoms with Gasteiger partial charge in [0.1, 0.15) is 0 Å². The maximum Gasteiger partial charge on any atom is 0.0644 e. The summed E-state index contributed by atoms with van der Waals surface area (Å²) < 4.78 is 0. The molecule has 68 valence electrons. The van der Waals surface area contributed by atoms with Crippen molar-refractivity contribution in [3.8, 4) is 0 Å². The number of hydrogen-bond acceptors (Lipinski definition) is 1. The summed E-state index contributed by atoms with van der Waals surface area (Å²) in [6, 6.07) is 0. The first-order chi connectivity index (χ1) is 4.73. The van der Waals surface area contributed by atoms with E-state index in [1.807, 2.05) is 13.8 Å². The first-order valence-electron chi connectivity index (χ1n) is 4.45. The zero-order chi connectivity index (χ0) is 9.28. The number of rotatable bonds is 3. The van der Waals surface area contributed by atoms with E-state index in [4.69, 9.17) is 0 Å². The van der Waals surface area contributed by atoms with Crippen LogP contribution in [0.3, 0.4) is 0 Å². The van der Waals surface area contributed by atoms with E-state index < -0.39 is 5.60 Å². The lowest BCUT2D eigenvalue weighted by Crippen LogP contribution is -2.43. The van der Waals surface area contributed by atoms with Gasteiger partial charge in [-0.15, -0.1) is 0 Å². The van der Waals surface area contributed by atoms with E-state index in [1.165, 1.54) is 0 Å². The molecule has 0 saturated carbocycles. The molecule has 0 fully saturated rings. The summed E-state index contributed by atoms with van der Waals surface area (Å²) >= 11 is 0. The summed E-state index contributed by atoms with van der Waals surface area (Å²) in [7, 11) is 0. The molecule has 0 bridgehead atoms. The maximum absolute atomic E-state index is 9.85. The van der Waals surface area contributed by atoms with Crippen LogP contribution in [0.2, 0.25) is 0 Å². The topological polar surface area (TPSA) is 20.2 Å². The van der Waals surface area contributed by atoms with Crippen molar-refractivity contribution in [1.82, 2.24) is 0 Å². The van der Waals surface area contributed by atoms with Crippen molar-refractivity contribution in [2.75, 3.05) is 0 Å². The molecule has 0 rings (SSSR count). The van der Waals surface area contributed by atoms with Crippen LogP contribution in [0.1, 0.15) is 48.0 Å². The molecule has 0 heterocycles. The summed E-state index contributed by atoms with van der Waals surface area (Å²) in [5.74, 6) is 0.558. The van der Waals surface area contributed by atoms with Crippen molar-refractivity contribution < 1.29 is 5.11 Å². The standard InChI is InChI=1S/C10H22O/c1-7-8(2)9(3,4)10(5,6)11/h8,11H,7H2,1-6H3/t8-/m0/s1. The lowest BCUT2D eigenvalue weighted by molar-refractivity contribution is -0.0653. The first kappa shape index (κ1) is 11.0. The highest BCUT2D eigenvalue weighted by atomic mass is 16.3. The largest absolute Gasteiger partial charge is 0.390 e. The molecule has 11 heavy (non-hydrogen) atoms. The lowest BCUT2D eigenvalue weighted by atomic mass is 9.68. The maximum atomic E-state index is 9.85. The van der Waals surface area contributed by atoms with E-state index in [-0.39, 0.29) is 5.41 Å². The van der Waals surface area contributed by atoms with E-state index >= 15 is 0 Å². The Hall–Kier alpha value is -0.0400. The zero-order valence-electron chi connectivity index (χ0n) is 8.73. The van der Waals surface area contributed by atoms with Gasteiger partial charge in [-0.2, -0.15) is 0 Å². The Balaban J connectivity index is 4.45. The normalized spacial score (nSPS) is 16.6. The lowest BCUT2D eigenvalue weighted by Gasteiger charge is -2.42. The molecule has 0 unspecified atom stereocenters. The van der Waals surface area contributed by atoms with Gasteiger partial charge >= 0.3 is 0 Å². The smallest absolute Gasteiger partial charge is 0.0644 e. The molecule has 1 nitrogen and oxygen atoms in total. The number of aliphatic hydroxyl groups is 1. The minimum Gasteiger partial charge on any atom is -0.390 e. The SMILES string of the molecule is CC[C@H](C)C(C)(C)C(C)(C)O. The molecular formula is C10H22O. The summed E-state index contributed by atoms with van der Waals surface area (Å²) in [4.78, 5) is 0. The molecule has 0 saturated heterocycles. The fourth-order valence-corrected chi connectivity index (χ4v) is 1.11. The van der Waals surface area contributed by atoms with Crippen LogP contribution in [-0.4, -0.2) is 10.7 Å². The first-order valence-corrected chi connectivity index (χ1v) is 4.45. The quantitative estimate of drug-likeness (QED) is 0.669. The Bertz CT molecular complexity index is 119. The molecule has 1 atom stereocenters. The van der Waals surface area contributed by atoms with Crippen LogP contribution in [-0.2, 0) is 0 Å². The molecule has 0 aromatic carbocycles. The zero-order valence-corrected chi connectivity index (χ0v) is 8.73. The second-order valence-corrected chi connectivity index (χ2v) is 4.59. The third-order valence-electron chi connectivity index (χ3n) is 3.42. The van der Waals surface area contributed by atoms with Gasteiger partial charge in [0.15, 0.2) is 0 Å². The molecular weight excluding hydrogens is 136 g/mol. The van der Waals surface area contributed by atoms with E-state index in [2.05, 4.69) is 27.7 Å². The Morgan fingerprint density at radius 3 is 1.64 bits per heavy atom. The molecule has 1 heteroatoms. The Morgan fingerprint density at radius 1 is 1.18 bits per heavy atom. The molecule has 0 aliphatic rings. The van der Waals surface area contributed by atoms with Crippen LogP contribution in [0.15, 0.2) is 0 Å². The van der Waals surface area contributed by atoms with Crippen LogP contribution < -0.4 is 0 Å². The van der Waals surface area contributed by atoms with E-state index in [0.29, 0.717) is 5.92 Å². The van der Waals surface area contributed by atoms with Gasteiger partial charge in [-0.1, -0.05) is 34.1 Å². The summed E-state index contributed by atoms with van der Waals surface area (Å²) in [5.41, 5.74) is -0.579. The van der Waals surface area contributed by atoms with Gasteiger partial charge in [0, 0.05) is 0 Å². The second kappa shape index (κ2) is 3.14. The van der Waals surface area contributed by atoms with Gasteiger partial charge in [-0.05, 0) is 25.2 Å². The molecule has 0 aromatic heterocycles. The van der Waals surface area contributed by atoms with Gasteiger partial charge in [0.2, 0.25) is 0 Å². The Labute approximate surface area is 70.8 Å². The van der Waals surface area contributed by atoms with Crippen LogP contribution in [0.4, 0.5) is 0 Å². The molecule has 0 aliphatic heterocycles. The summed E-state index contributed by atoms with van der Waals surface area (Å²) in [5, 5.41) is 9.85. The summed E-state index contributed by atoms with van der Waals surface area (Å²) in [6.45, 7) is 12.4. The minimum atomic E-state index is -0.581. The molecule has 0 aromatic rings. The van der Waals surface area contributed by atoms with Gasteiger partial charge in [0.25, 0.3) is 0 Å². The molecule has 0 aliphatic carbocycles. The third-order valence-corrected chi connectivity index (χ3v) is 3.42. The number of hydrogen-bond donors (Lipinski definition) is 1. The average Bonchev–Trinajstić information content (AvgIpc) is 1.83. The highest BCUT2D eigenvalue weighted by Crippen LogP contribution is 2.39. The highest BCUT2D eigenvalue weighted by molar-refractivity contribution is 4.88. The minimum absolute atomic E-state index is 0.00174. The molecule has 0 spiro atoms. The van der Waals surface area contributed by atoms with Gasteiger partial charge in [-0.25, -0.2) is 0 Å². The van der Waals surface area contributed by atoms with Gasteiger partial charge < -0.3 is 5.11 Å². The highest BCUT2D eigenvalue weighted by Gasteiger charge is 2.38. The van der Waals surface area contributed by atoms with Crippen molar-refractivity contribution in [2.45, 2.75) is 53.6 Å². The van der Waals surface area contributed by atoms with Crippen molar-refractivity contribution in [1.29, 1.82) is 0 Å². The van der Waals surface area contributed by atoms with Crippen LogP contribution in [0, 0.1) is 11.3 Å². The van der Waals surface area contributed by atoms with Crippen LogP contribution >= 0.6 is 0 Å². The van der Waals surface area contributed by atoms with E-state index in [9.17, 15) is 5.11 Å². The Kier molecular flexibility index (Phi) is 3.13. The average molecular weight is 158 g/mol. The van der Waals surface area contributed by atoms with E-state index in [0.717, 1.165) is 6.42 Å². The summed E-state index contributed by atoms with van der Waals surface area (Å²) in [6.07, 6.45) is 1.12. The predicted molar refractivity (Wildman–Crippen MR) is 49.5 cm³/mol. The van der Waals surface area contributed by atoms with Crippen molar-refractivity contribution in [3.63, 3.8) is 0 Å². The van der Waals surface area contributed by atoms with Crippen molar-refractivity contribution in [3.05, 3.63) is 0 Å². The second-order valence-electron chi connectivity index (χ2n) is 4.59. The predicted octanol–water partition coefficient (Wildman–Crippen LogP) is 2.83. The van der Waals surface area contributed by atoms with Gasteiger partial charge in [0.05, 0.1) is 5.60 Å². The van der Waals surface area contributed by atoms with Crippen LogP contribution in [0.25, 0.3) is 0 Å². The van der Waals surface area contributed by atoms with Crippen LogP contribution in [0.5, 0.6) is 0 Å². The Morgan fingerprint density at radius 2 is 1.55 bits per heavy atom. The molecule has 0 amide bonds. The molecule has 1 N–H and O–H groups in total. The third kappa shape index (κ3) is 2.19. The fourth-order valence-electron chi connectivity index (χ4n) is 1.11. The van der Waals surface area contributed by atoms with Crippen molar-refractivity contribution >= 4 is 0 Å².